The predicted octanol–water partition coefficient (Wildman–Crippen LogP) is 5.29. The number of carbonyl (C=O) groups is 2. The molecule has 0 fully saturated rings. The molecule has 0 unspecified atom stereocenters. The second-order valence-corrected chi connectivity index (χ2v) is 13.8. The van der Waals surface area contributed by atoms with Gasteiger partial charge in [0.15, 0.2) is 14.1 Å². The summed E-state index contributed by atoms with van der Waals surface area (Å²) in [5, 5.41) is 0.132. The number of ether oxygens (including phenoxy) is 1. The van der Waals surface area contributed by atoms with Crippen molar-refractivity contribution in [2.24, 2.45) is 0 Å². The van der Waals surface area contributed by atoms with Crippen LogP contribution >= 0.6 is 15.9 Å². The monoisotopic (exact) mass is 430 g/mol. The van der Waals surface area contributed by atoms with Gasteiger partial charge in [0, 0.05) is 19.3 Å². The van der Waals surface area contributed by atoms with Gasteiger partial charge in [-0.3, -0.25) is 9.59 Å². The van der Waals surface area contributed by atoms with Crippen molar-refractivity contribution in [1.29, 1.82) is 0 Å². The van der Waals surface area contributed by atoms with Crippen LogP contribution < -0.4 is 0 Å². The molecule has 0 saturated heterocycles. The lowest BCUT2D eigenvalue weighted by atomic mass is 10.1. The summed E-state index contributed by atoms with van der Waals surface area (Å²) in [6.07, 6.45) is 6.90. The molecule has 0 N–H and O–H groups in total. The summed E-state index contributed by atoms with van der Waals surface area (Å²) in [6, 6.07) is 0. The van der Waals surface area contributed by atoms with Crippen LogP contribution in [0.2, 0.25) is 18.1 Å². The van der Waals surface area contributed by atoms with Crippen molar-refractivity contribution in [2.75, 3.05) is 7.11 Å². The van der Waals surface area contributed by atoms with Crippen molar-refractivity contribution in [2.45, 2.75) is 77.1 Å². The first kappa shape index (κ1) is 22.3. The van der Waals surface area contributed by atoms with E-state index in [1.54, 1.807) is 0 Å². The summed E-state index contributed by atoms with van der Waals surface area (Å²) in [5.74, 6) is -0.0209. The standard InChI is InChI=1S/C19H31BrO4Si/c1-19(2,3)25(5,6)24-16-12-14(17(21)13-16)11-15(20)9-7-8-10-18(22)23-4/h9,12,16H,7-8,10-11,13H2,1-6H3/b15-9-/t16-/m0/s1. The third-order valence-electron chi connectivity index (χ3n) is 4.92. The highest BCUT2D eigenvalue weighted by Crippen LogP contribution is 2.39. The molecular weight excluding hydrogens is 400 g/mol. The predicted molar refractivity (Wildman–Crippen MR) is 107 cm³/mol. The maximum absolute atomic E-state index is 12.3. The quantitative estimate of drug-likeness (QED) is 0.298. The maximum atomic E-state index is 12.3. The van der Waals surface area contributed by atoms with E-state index in [0.29, 0.717) is 19.3 Å². The number of esters is 1. The van der Waals surface area contributed by atoms with E-state index in [1.807, 2.05) is 12.2 Å². The number of methoxy groups -OCH3 is 1. The average Bonchev–Trinajstić information content (AvgIpc) is 2.81. The Morgan fingerprint density at radius 2 is 2.04 bits per heavy atom. The van der Waals surface area contributed by atoms with Crippen molar-refractivity contribution in [3.8, 4) is 0 Å². The number of hydrogen-bond acceptors (Lipinski definition) is 4. The van der Waals surface area contributed by atoms with E-state index in [0.717, 1.165) is 22.9 Å². The Labute approximate surface area is 161 Å². The lowest BCUT2D eigenvalue weighted by Gasteiger charge is -2.37. The van der Waals surface area contributed by atoms with Crippen LogP contribution in [-0.4, -0.2) is 33.3 Å². The summed E-state index contributed by atoms with van der Waals surface area (Å²) < 4.78 is 11.9. The van der Waals surface area contributed by atoms with Crippen molar-refractivity contribution in [3.63, 3.8) is 0 Å². The van der Waals surface area contributed by atoms with Gasteiger partial charge >= 0.3 is 5.97 Å². The molecule has 0 spiro atoms. The molecule has 0 aromatic heterocycles. The molecule has 142 valence electrons. The lowest BCUT2D eigenvalue weighted by molar-refractivity contribution is -0.140. The van der Waals surface area contributed by atoms with Gasteiger partial charge in [-0.25, -0.2) is 0 Å². The summed E-state index contributed by atoms with van der Waals surface area (Å²) in [5.41, 5.74) is 0.819. The summed E-state index contributed by atoms with van der Waals surface area (Å²) in [6.45, 7) is 11.0. The second-order valence-electron chi connectivity index (χ2n) is 8.03. The minimum absolute atomic E-state index is 0.0944. The molecule has 0 aromatic rings. The zero-order valence-corrected chi connectivity index (χ0v) is 18.9. The SMILES string of the molecule is COC(=O)CCC/C=C(\Br)CC1=C[C@H](O[Si](C)(C)C(C)(C)C)CC1=O. The zero-order valence-electron chi connectivity index (χ0n) is 16.3. The molecule has 0 heterocycles. The van der Waals surface area contributed by atoms with Crippen molar-refractivity contribution in [3.05, 3.63) is 22.2 Å². The van der Waals surface area contributed by atoms with Gasteiger partial charge in [-0.05, 0) is 47.1 Å². The molecule has 1 aliphatic rings. The highest BCUT2D eigenvalue weighted by Gasteiger charge is 2.40. The maximum Gasteiger partial charge on any atom is 0.305 e. The molecule has 25 heavy (non-hydrogen) atoms. The molecule has 0 radical (unpaired) electrons. The van der Waals surface area contributed by atoms with Gasteiger partial charge in [-0.2, -0.15) is 0 Å². The van der Waals surface area contributed by atoms with Crippen LogP contribution in [0.25, 0.3) is 0 Å². The Morgan fingerprint density at radius 1 is 1.40 bits per heavy atom. The molecular formula is C19H31BrO4Si. The lowest BCUT2D eigenvalue weighted by Crippen LogP contribution is -2.43. The number of halogens is 1. The van der Waals surface area contributed by atoms with Crippen LogP contribution in [-0.2, 0) is 18.8 Å². The Morgan fingerprint density at radius 3 is 2.60 bits per heavy atom. The highest BCUT2D eigenvalue weighted by molar-refractivity contribution is 9.11. The number of unbranched alkanes of at least 4 members (excludes halogenated alkanes) is 1. The fraction of sp³-hybridized carbons (Fsp3) is 0.684. The largest absolute Gasteiger partial charge is 0.469 e. The number of hydrogen-bond donors (Lipinski definition) is 0. The molecule has 0 aromatic carbocycles. The number of rotatable bonds is 8. The minimum Gasteiger partial charge on any atom is -0.469 e. The third kappa shape index (κ3) is 7.19. The number of carbonyl (C=O) groups excluding carboxylic acids is 2. The molecule has 6 heteroatoms. The van der Waals surface area contributed by atoms with Gasteiger partial charge in [-0.1, -0.05) is 42.8 Å². The van der Waals surface area contributed by atoms with Crippen LogP contribution in [0.15, 0.2) is 22.2 Å². The van der Waals surface area contributed by atoms with E-state index >= 15 is 0 Å². The smallest absolute Gasteiger partial charge is 0.305 e. The molecule has 1 rings (SSSR count). The minimum atomic E-state index is -1.88. The third-order valence-corrected chi connectivity index (χ3v) is 10.0. The van der Waals surface area contributed by atoms with Gasteiger partial charge < -0.3 is 9.16 Å². The number of allylic oxidation sites excluding steroid dienone is 3. The van der Waals surface area contributed by atoms with Crippen LogP contribution in [0, 0.1) is 0 Å². The van der Waals surface area contributed by atoms with E-state index in [4.69, 9.17) is 4.43 Å². The van der Waals surface area contributed by atoms with Crippen LogP contribution in [0.3, 0.4) is 0 Å². The number of ketones is 1. The fourth-order valence-electron chi connectivity index (χ4n) is 2.34. The van der Waals surface area contributed by atoms with E-state index in [1.165, 1.54) is 7.11 Å². The van der Waals surface area contributed by atoms with E-state index in [-0.39, 0.29) is 22.9 Å². The molecule has 0 amide bonds. The van der Waals surface area contributed by atoms with Gasteiger partial charge in [0.05, 0.1) is 13.2 Å². The van der Waals surface area contributed by atoms with Gasteiger partial charge in [-0.15, -0.1) is 0 Å². The highest BCUT2D eigenvalue weighted by atomic mass is 79.9. The van der Waals surface area contributed by atoms with Crippen molar-refractivity contribution >= 4 is 36.0 Å². The molecule has 0 bridgehead atoms. The first-order chi connectivity index (χ1) is 11.5. The first-order valence-electron chi connectivity index (χ1n) is 8.79. The fourth-order valence-corrected chi connectivity index (χ4v) is 4.13. The molecule has 0 aliphatic heterocycles. The van der Waals surface area contributed by atoms with Gasteiger partial charge in [0.2, 0.25) is 0 Å². The van der Waals surface area contributed by atoms with Crippen molar-refractivity contribution < 1.29 is 18.8 Å². The van der Waals surface area contributed by atoms with E-state index in [2.05, 4.69) is 54.5 Å². The Hall–Kier alpha value is -0.723. The summed E-state index contributed by atoms with van der Waals surface area (Å²) in [7, 11) is -0.479. The zero-order chi connectivity index (χ0) is 19.3. The van der Waals surface area contributed by atoms with Gasteiger partial charge in [0.25, 0.3) is 0 Å². The number of Topliss-reactive ketones (excluding diaryl/α,β-unsaturated/α-hetero) is 1. The first-order valence-corrected chi connectivity index (χ1v) is 12.5. The van der Waals surface area contributed by atoms with Crippen LogP contribution in [0.5, 0.6) is 0 Å². The Balaban J connectivity index is 2.58. The van der Waals surface area contributed by atoms with Crippen LogP contribution in [0.4, 0.5) is 0 Å². The normalized spacial score (nSPS) is 19.2. The topological polar surface area (TPSA) is 52.6 Å². The van der Waals surface area contributed by atoms with Gasteiger partial charge in [0.1, 0.15) is 0 Å². The average molecular weight is 431 g/mol. The molecule has 1 atom stereocenters. The van der Waals surface area contributed by atoms with Crippen LogP contribution in [0.1, 0.15) is 52.9 Å². The molecule has 0 saturated carbocycles. The summed E-state index contributed by atoms with van der Waals surface area (Å²) in [4.78, 5) is 23.4. The summed E-state index contributed by atoms with van der Waals surface area (Å²) >= 11 is 3.53. The molecule has 1 aliphatic carbocycles. The van der Waals surface area contributed by atoms with E-state index < -0.39 is 8.32 Å². The molecule has 4 nitrogen and oxygen atoms in total. The Kier molecular flexibility index (Phi) is 8.29. The van der Waals surface area contributed by atoms with Crippen molar-refractivity contribution in [1.82, 2.24) is 0 Å². The Bertz CT molecular complexity index is 558. The second kappa shape index (κ2) is 9.28. The van der Waals surface area contributed by atoms with E-state index in [9.17, 15) is 9.59 Å².